The van der Waals surface area contributed by atoms with Gasteiger partial charge in [0.05, 0.1) is 18.4 Å². The predicted octanol–water partition coefficient (Wildman–Crippen LogP) is 4.06. The van der Waals surface area contributed by atoms with Crippen molar-refractivity contribution in [3.63, 3.8) is 0 Å². The fourth-order valence-corrected chi connectivity index (χ4v) is 2.83. The Balaban J connectivity index is 1.65. The molecule has 5 nitrogen and oxygen atoms in total. The monoisotopic (exact) mass is 392 g/mol. The van der Waals surface area contributed by atoms with Crippen LogP contribution >= 0.6 is 0 Å². The standard InChI is InChI=1S/C23H21FN2O3/c1-29-18-12-10-17(11-13-18)22(27)26-21-9-5-3-7-19(21)23(28)25-15-14-16-6-2-4-8-20(16)24/h2-13H,14-15H2,1H3,(H,25,28)(H,26,27). The molecule has 2 amide bonds. The molecule has 0 atom stereocenters. The Morgan fingerprint density at radius 1 is 0.897 bits per heavy atom. The molecule has 0 aliphatic carbocycles. The Labute approximate surface area is 168 Å². The van der Waals surface area contributed by atoms with Gasteiger partial charge in [0.25, 0.3) is 11.8 Å². The van der Waals surface area contributed by atoms with Crippen molar-refractivity contribution in [2.45, 2.75) is 6.42 Å². The number of hydrogen-bond donors (Lipinski definition) is 2. The molecule has 0 aliphatic heterocycles. The second kappa shape index (κ2) is 9.50. The number of para-hydroxylation sites is 1. The van der Waals surface area contributed by atoms with Gasteiger partial charge in [-0.3, -0.25) is 9.59 Å². The van der Waals surface area contributed by atoms with Gasteiger partial charge in [-0.25, -0.2) is 4.39 Å². The van der Waals surface area contributed by atoms with Gasteiger partial charge in [-0.15, -0.1) is 0 Å². The highest BCUT2D eigenvalue weighted by Crippen LogP contribution is 2.18. The molecular weight excluding hydrogens is 371 g/mol. The van der Waals surface area contributed by atoms with Crippen LogP contribution in [0.3, 0.4) is 0 Å². The third kappa shape index (κ3) is 5.19. The van der Waals surface area contributed by atoms with Crippen LogP contribution in [0.2, 0.25) is 0 Å². The van der Waals surface area contributed by atoms with Crippen molar-refractivity contribution in [1.82, 2.24) is 5.32 Å². The minimum atomic E-state index is -0.341. The van der Waals surface area contributed by atoms with E-state index in [1.807, 2.05) is 0 Å². The van der Waals surface area contributed by atoms with Gasteiger partial charge in [0.15, 0.2) is 0 Å². The normalized spacial score (nSPS) is 10.3. The van der Waals surface area contributed by atoms with Crippen LogP contribution in [0.15, 0.2) is 72.8 Å². The number of carbonyl (C=O) groups excluding carboxylic acids is 2. The lowest BCUT2D eigenvalue weighted by Crippen LogP contribution is -2.27. The summed E-state index contributed by atoms with van der Waals surface area (Å²) in [7, 11) is 1.55. The number of ether oxygens (including phenoxy) is 1. The van der Waals surface area contributed by atoms with E-state index in [-0.39, 0.29) is 24.2 Å². The first-order chi connectivity index (χ1) is 14.1. The Hall–Kier alpha value is -3.67. The zero-order chi connectivity index (χ0) is 20.6. The van der Waals surface area contributed by atoms with E-state index >= 15 is 0 Å². The van der Waals surface area contributed by atoms with Gasteiger partial charge in [-0.05, 0) is 54.4 Å². The van der Waals surface area contributed by atoms with Crippen LogP contribution in [-0.2, 0) is 6.42 Å². The number of benzene rings is 3. The van der Waals surface area contributed by atoms with Gasteiger partial charge in [0.1, 0.15) is 11.6 Å². The van der Waals surface area contributed by atoms with Gasteiger partial charge in [-0.2, -0.15) is 0 Å². The van der Waals surface area contributed by atoms with E-state index in [0.29, 0.717) is 34.5 Å². The van der Waals surface area contributed by atoms with Gasteiger partial charge in [0, 0.05) is 12.1 Å². The zero-order valence-corrected chi connectivity index (χ0v) is 15.9. The summed E-state index contributed by atoms with van der Waals surface area (Å²) in [5.74, 6) is -0.323. The van der Waals surface area contributed by atoms with Crippen LogP contribution in [0.4, 0.5) is 10.1 Å². The van der Waals surface area contributed by atoms with Crippen LogP contribution in [0.25, 0.3) is 0 Å². The molecule has 3 rings (SSSR count). The van der Waals surface area contributed by atoms with E-state index in [9.17, 15) is 14.0 Å². The topological polar surface area (TPSA) is 67.4 Å². The van der Waals surface area contributed by atoms with Crippen LogP contribution < -0.4 is 15.4 Å². The highest BCUT2D eigenvalue weighted by atomic mass is 19.1. The minimum absolute atomic E-state index is 0.278. The molecule has 0 saturated carbocycles. The average Bonchev–Trinajstić information content (AvgIpc) is 2.75. The Kier molecular flexibility index (Phi) is 6.58. The lowest BCUT2D eigenvalue weighted by atomic mass is 10.1. The number of halogens is 1. The van der Waals surface area contributed by atoms with Gasteiger partial charge >= 0.3 is 0 Å². The second-order valence-corrected chi connectivity index (χ2v) is 6.33. The number of nitrogens with one attached hydrogen (secondary N) is 2. The lowest BCUT2D eigenvalue weighted by Gasteiger charge is -2.12. The van der Waals surface area contributed by atoms with Gasteiger partial charge < -0.3 is 15.4 Å². The van der Waals surface area contributed by atoms with Crippen molar-refractivity contribution in [3.8, 4) is 5.75 Å². The highest BCUT2D eigenvalue weighted by molar-refractivity contribution is 6.09. The lowest BCUT2D eigenvalue weighted by molar-refractivity contribution is 0.0955. The average molecular weight is 392 g/mol. The van der Waals surface area contributed by atoms with Crippen molar-refractivity contribution >= 4 is 17.5 Å². The SMILES string of the molecule is COc1ccc(C(=O)Nc2ccccc2C(=O)NCCc2ccccc2F)cc1. The molecule has 0 saturated heterocycles. The Morgan fingerprint density at radius 2 is 1.59 bits per heavy atom. The van der Waals surface area contributed by atoms with E-state index in [2.05, 4.69) is 10.6 Å². The summed E-state index contributed by atoms with van der Waals surface area (Å²) in [6, 6.07) is 19.9. The molecule has 0 bridgehead atoms. The molecule has 0 aromatic heterocycles. The Bertz CT molecular complexity index is 1000. The predicted molar refractivity (Wildman–Crippen MR) is 110 cm³/mol. The van der Waals surface area contributed by atoms with Gasteiger partial charge in [0.2, 0.25) is 0 Å². The molecule has 0 heterocycles. The number of rotatable bonds is 7. The van der Waals surface area contributed by atoms with E-state index in [4.69, 9.17) is 4.74 Å². The summed E-state index contributed by atoms with van der Waals surface area (Å²) in [4.78, 5) is 25.1. The molecule has 3 aromatic carbocycles. The van der Waals surface area contributed by atoms with Crippen LogP contribution in [0.5, 0.6) is 5.75 Å². The molecule has 0 fully saturated rings. The molecule has 0 aliphatic rings. The molecule has 3 aromatic rings. The molecule has 29 heavy (non-hydrogen) atoms. The first-order valence-electron chi connectivity index (χ1n) is 9.14. The fourth-order valence-electron chi connectivity index (χ4n) is 2.83. The summed E-state index contributed by atoms with van der Waals surface area (Å²) >= 11 is 0. The van der Waals surface area contributed by atoms with Crippen molar-refractivity contribution in [2.75, 3.05) is 19.0 Å². The number of anilines is 1. The smallest absolute Gasteiger partial charge is 0.255 e. The largest absolute Gasteiger partial charge is 0.497 e. The maximum atomic E-state index is 13.7. The zero-order valence-electron chi connectivity index (χ0n) is 15.9. The molecule has 0 spiro atoms. The van der Waals surface area contributed by atoms with Crippen molar-refractivity contribution < 1.29 is 18.7 Å². The number of hydrogen-bond acceptors (Lipinski definition) is 3. The van der Waals surface area contributed by atoms with E-state index in [1.54, 1.807) is 73.8 Å². The first-order valence-corrected chi connectivity index (χ1v) is 9.14. The third-order valence-electron chi connectivity index (χ3n) is 4.41. The molecular formula is C23H21FN2O3. The summed E-state index contributed by atoms with van der Waals surface area (Å²) in [6.07, 6.45) is 0.374. The Morgan fingerprint density at radius 3 is 2.31 bits per heavy atom. The quantitative estimate of drug-likeness (QED) is 0.637. The minimum Gasteiger partial charge on any atom is -0.497 e. The highest BCUT2D eigenvalue weighted by Gasteiger charge is 2.14. The van der Waals surface area contributed by atoms with E-state index < -0.39 is 0 Å². The van der Waals surface area contributed by atoms with Crippen LogP contribution in [0, 0.1) is 5.82 Å². The number of methoxy groups -OCH3 is 1. The molecule has 6 heteroatoms. The second-order valence-electron chi connectivity index (χ2n) is 6.33. The van der Waals surface area contributed by atoms with Crippen molar-refractivity contribution in [1.29, 1.82) is 0 Å². The third-order valence-corrected chi connectivity index (χ3v) is 4.41. The summed E-state index contributed by atoms with van der Waals surface area (Å²) in [5, 5.41) is 5.53. The molecule has 0 radical (unpaired) electrons. The van der Waals surface area contributed by atoms with Crippen molar-refractivity contribution in [3.05, 3.63) is 95.3 Å². The van der Waals surface area contributed by atoms with Crippen LogP contribution in [0.1, 0.15) is 26.3 Å². The van der Waals surface area contributed by atoms with Crippen LogP contribution in [-0.4, -0.2) is 25.5 Å². The number of carbonyl (C=O) groups is 2. The fraction of sp³-hybridized carbons (Fsp3) is 0.130. The van der Waals surface area contributed by atoms with Crippen molar-refractivity contribution in [2.24, 2.45) is 0 Å². The summed E-state index contributed by atoms with van der Waals surface area (Å²) in [5.41, 5.74) is 1.72. The molecule has 2 N–H and O–H groups in total. The molecule has 148 valence electrons. The summed E-state index contributed by atoms with van der Waals surface area (Å²) in [6.45, 7) is 0.278. The first kappa shape index (κ1) is 20.1. The van der Waals surface area contributed by atoms with Gasteiger partial charge in [-0.1, -0.05) is 30.3 Å². The maximum Gasteiger partial charge on any atom is 0.255 e. The maximum absolute atomic E-state index is 13.7. The summed E-state index contributed by atoms with van der Waals surface area (Å²) < 4.78 is 18.8. The van der Waals surface area contributed by atoms with E-state index in [1.165, 1.54) is 6.07 Å². The number of amides is 2. The van der Waals surface area contributed by atoms with E-state index in [0.717, 1.165) is 0 Å². The molecule has 0 unspecified atom stereocenters.